The molecule has 0 aliphatic carbocycles. The third kappa shape index (κ3) is 2.85. The van der Waals surface area contributed by atoms with Crippen molar-refractivity contribution in [2.45, 2.75) is 38.3 Å². The first-order valence-corrected chi connectivity index (χ1v) is 6.77. The lowest BCUT2D eigenvalue weighted by Crippen LogP contribution is -2.54. The number of phenols is 1. The van der Waals surface area contributed by atoms with Crippen molar-refractivity contribution in [3.05, 3.63) is 28.8 Å². The molecule has 19 heavy (non-hydrogen) atoms. The molecule has 4 nitrogen and oxygen atoms in total. The van der Waals surface area contributed by atoms with Crippen molar-refractivity contribution in [1.29, 1.82) is 0 Å². The number of halogens is 1. The molecular formula is C14H18ClNO3. The minimum atomic E-state index is -0.868. The normalized spacial score (nSPS) is 24.3. The molecule has 1 saturated heterocycles. The van der Waals surface area contributed by atoms with Crippen LogP contribution in [-0.4, -0.2) is 33.2 Å². The highest BCUT2D eigenvalue weighted by Gasteiger charge is 2.41. The van der Waals surface area contributed by atoms with Gasteiger partial charge in [0.25, 0.3) is 0 Å². The standard InChI is InChI=1S/C14H18ClNO3/c1-14(13(18)19)6-2-3-7-16(14)9-10-8-11(15)4-5-12(10)17/h4-5,8,17H,2-3,6-7,9H2,1H3,(H,18,19). The van der Waals surface area contributed by atoms with Gasteiger partial charge in [-0.1, -0.05) is 11.6 Å². The predicted molar refractivity (Wildman–Crippen MR) is 73.4 cm³/mol. The van der Waals surface area contributed by atoms with Gasteiger partial charge in [-0.05, 0) is 50.9 Å². The molecule has 0 amide bonds. The van der Waals surface area contributed by atoms with Gasteiger partial charge in [-0.15, -0.1) is 0 Å². The van der Waals surface area contributed by atoms with Crippen molar-refractivity contribution in [3.63, 3.8) is 0 Å². The van der Waals surface area contributed by atoms with Crippen molar-refractivity contribution in [2.24, 2.45) is 0 Å². The van der Waals surface area contributed by atoms with Gasteiger partial charge in [-0.2, -0.15) is 0 Å². The Labute approximate surface area is 117 Å². The molecule has 0 bridgehead atoms. The topological polar surface area (TPSA) is 60.8 Å². The van der Waals surface area contributed by atoms with E-state index in [0.29, 0.717) is 23.6 Å². The maximum Gasteiger partial charge on any atom is 0.323 e. The van der Waals surface area contributed by atoms with E-state index < -0.39 is 11.5 Å². The van der Waals surface area contributed by atoms with E-state index in [-0.39, 0.29) is 5.75 Å². The van der Waals surface area contributed by atoms with E-state index in [1.165, 1.54) is 0 Å². The molecule has 104 valence electrons. The van der Waals surface area contributed by atoms with Crippen LogP contribution in [0.4, 0.5) is 0 Å². The maximum absolute atomic E-state index is 11.5. The van der Waals surface area contributed by atoms with E-state index >= 15 is 0 Å². The second kappa shape index (κ2) is 5.39. The quantitative estimate of drug-likeness (QED) is 0.895. The van der Waals surface area contributed by atoms with Crippen LogP contribution in [0.1, 0.15) is 31.7 Å². The van der Waals surface area contributed by atoms with Gasteiger partial charge in [0.15, 0.2) is 0 Å². The van der Waals surface area contributed by atoms with Crippen molar-refractivity contribution in [2.75, 3.05) is 6.54 Å². The van der Waals surface area contributed by atoms with Crippen LogP contribution in [0.5, 0.6) is 5.75 Å². The fourth-order valence-corrected chi connectivity index (χ4v) is 2.75. The summed E-state index contributed by atoms with van der Waals surface area (Å²) >= 11 is 5.92. The summed E-state index contributed by atoms with van der Waals surface area (Å²) in [5.41, 5.74) is -0.200. The Balaban J connectivity index is 2.25. The largest absolute Gasteiger partial charge is 0.508 e. The summed E-state index contributed by atoms with van der Waals surface area (Å²) in [6, 6.07) is 4.85. The number of carboxylic acids is 1. The summed E-state index contributed by atoms with van der Waals surface area (Å²) in [5.74, 6) is -0.656. The number of phenolic OH excluding ortho intramolecular Hbond substituents is 1. The zero-order valence-electron chi connectivity index (χ0n) is 10.9. The van der Waals surface area contributed by atoms with E-state index in [4.69, 9.17) is 11.6 Å². The van der Waals surface area contributed by atoms with Crippen LogP contribution in [0, 0.1) is 0 Å². The molecule has 0 saturated carbocycles. The number of carbonyl (C=O) groups is 1. The maximum atomic E-state index is 11.5. The molecule has 0 spiro atoms. The van der Waals surface area contributed by atoms with E-state index in [1.54, 1.807) is 25.1 Å². The van der Waals surface area contributed by atoms with Crippen molar-refractivity contribution in [1.82, 2.24) is 4.90 Å². The van der Waals surface area contributed by atoms with Gasteiger partial charge in [-0.3, -0.25) is 9.69 Å². The Morgan fingerprint density at radius 1 is 1.47 bits per heavy atom. The summed E-state index contributed by atoms with van der Waals surface area (Å²) in [6.45, 7) is 2.86. The number of hydrogen-bond donors (Lipinski definition) is 2. The first kappa shape index (κ1) is 14.2. The van der Waals surface area contributed by atoms with Crippen LogP contribution in [0.3, 0.4) is 0 Å². The lowest BCUT2D eigenvalue weighted by atomic mass is 9.88. The zero-order chi connectivity index (χ0) is 14.0. The fraction of sp³-hybridized carbons (Fsp3) is 0.500. The summed E-state index contributed by atoms with van der Waals surface area (Å²) in [7, 11) is 0. The first-order chi connectivity index (χ1) is 8.93. The average Bonchev–Trinajstić information content (AvgIpc) is 2.36. The van der Waals surface area contributed by atoms with Gasteiger partial charge in [0, 0.05) is 17.1 Å². The lowest BCUT2D eigenvalue weighted by molar-refractivity contribution is -0.153. The highest BCUT2D eigenvalue weighted by molar-refractivity contribution is 6.30. The summed E-state index contributed by atoms with van der Waals surface area (Å²) in [5, 5.41) is 19.8. The van der Waals surface area contributed by atoms with E-state index in [0.717, 1.165) is 19.4 Å². The Morgan fingerprint density at radius 3 is 2.89 bits per heavy atom. The molecule has 1 atom stereocenters. The smallest absolute Gasteiger partial charge is 0.323 e. The number of rotatable bonds is 3. The number of carboxylic acid groups (broad SMARTS) is 1. The van der Waals surface area contributed by atoms with Gasteiger partial charge in [0.05, 0.1) is 0 Å². The molecule has 5 heteroatoms. The number of piperidine rings is 1. The molecular weight excluding hydrogens is 266 g/mol. The van der Waals surface area contributed by atoms with Crippen LogP contribution < -0.4 is 0 Å². The van der Waals surface area contributed by atoms with E-state index in [9.17, 15) is 15.0 Å². The summed E-state index contributed by atoms with van der Waals surface area (Å²) in [6.07, 6.45) is 2.52. The molecule has 2 rings (SSSR count). The third-order valence-electron chi connectivity index (χ3n) is 3.90. The first-order valence-electron chi connectivity index (χ1n) is 6.39. The van der Waals surface area contributed by atoms with Crippen molar-refractivity contribution in [3.8, 4) is 5.75 Å². The highest BCUT2D eigenvalue weighted by atomic mass is 35.5. The molecule has 0 aromatic heterocycles. The van der Waals surface area contributed by atoms with Crippen molar-refractivity contribution >= 4 is 17.6 Å². The average molecular weight is 284 g/mol. The molecule has 1 unspecified atom stereocenters. The van der Waals surface area contributed by atoms with Crippen LogP contribution in [0.25, 0.3) is 0 Å². The number of aromatic hydroxyl groups is 1. The van der Waals surface area contributed by atoms with Gasteiger partial charge in [0.1, 0.15) is 11.3 Å². The molecule has 1 heterocycles. The molecule has 1 aromatic carbocycles. The molecule has 2 N–H and O–H groups in total. The Kier molecular flexibility index (Phi) is 4.02. The second-order valence-corrected chi connectivity index (χ2v) is 5.67. The summed E-state index contributed by atoms with van der Waals surface area (Å²) in [4.78, 5) is 13.4. The Bertz CT molecular complexity index is 492. The number of likely N-dealkylation sites (tertiary alicyclic amines) is 1. The van der Waals surface area contributed by atoms with Crippen LogP contribution >= 0.6 is 11.6 Å². The zero-order valence-corrected chi connectivity index (χ0v) is 11.7. The molecule has 1 aromatic rings. The van der Waals surface area contributed by atoms with Crippen LogP contribution in [0.2, 0.25) is 5.02 Å². The van der Waals surface area contributed by atoms with E-state index in [2.05, 4.69) is 0 Å². The Morgan fingerprint density at radius 2 is 2.21 bits per heavy atom. The molecule has 1 aliphatic rings. The monoisotopic (exact) mass is 283 g/mol. The van der Waals surface area contributed by atoms with Gasteiger partial charge >= 0.3 is 5.97 Å². The fourth-order valence-electron chi connectivity index (χ4n) is 2.56. The molecule has 0 radical (unpaired) electrons. The molecule has 1 fully saturated rings. The van der Waals surface area contributed by atoms with Crippen molar-refractivity contribution < 1.29 is 15.0 Å². The molecule has 1 aliphatic heterocycles. The second-order valence-electron chi connectivity index (χ2n) is 5.23. The number of benzene rings is 1. The van der Waals surface area contributed by atoms with E-state index in [1.807, 2.05) is 4.90 Å². The minimum absolute atomic E-state index is 0.155. The lowest BCUT2D eigenvalue weighted by Gasteiger charge is -2.41. The minimum Gasteiger partial charge on any atom is -0.508 e. The predicted octanol–water partition coefficient (Wildman–Crippen LogP) is 2.87. The third-order valence-corrected chi connectivity index (χ3v) is 4.14. The van der Waals surface area contributed by atoms with Crippen LogP contribution in [0.15, 0.2) is 18.2 Å². The van der Waals surface area contributed by atoms with Gasteiger partial charge in [0.2, 0.25) is 0 Å². The van der Waals surface area contributed by atoms with Crippen LogP contribution in [-0.2, 0) is 11.3 Å². The number of hydrogen-bond acceptors (Lipinski definition) is 3. The number of nitrogens with zero attached hydrogens (tertiary/aromatic N) is 1. The number of aliphatic carboxylic acids is 1. The van der Waals surface area contributed by atoms with Gasteiger partial charge in [-0.25, -0.2) is 0 Å². The highest BCUT2D eigenvalue weighted by Crippen LogP contribution is 2.32. The SMILES string of the molecule is CC1(C(=O)O)CCCCN1Cc1cc(Cl)ccc1O. The summed E-state index contributed by atoms with van der Waals surface area (Å²) < 4.78 is 0. The van der Waals surface area contributed by atoms with Gasteiger partial charge < -0.3 is 10.2 Å². The Hall–Kier alpha value is -1.26.